The van der Waals surface area contributed by atoms with Crippen LogP contribution >= 0.6 is 11.6 Å². The lowest BCUT2D eigenvalue weighted by Crippen LogP contribution is -2.08. The van der Waals surface area contributed by atoms with Gasteiger partial charge in [0.1, 0.15) is 5.82 Å². The number of aryl methyl sites for hydroxylation is 1. The van der Waals surface area contributed by atoms with Gasteiger partial charge in [0.05, 0.1) is 0 Å². The summed E-state index contributed by atoms with van der Waals surface area (Å²) < 4.78 is 0. The van der Waals surface area contributed by atoms with Crippen molar-refractivity contribution in [3.63, 3.8) is 0 Å². The average molecular weight is 339 g/mol. The lowest BCUT2D eigenvalue weighted by Gasteiger charge is -2.10. The van der Waals surface area contributed by atoms with E-state index in [2.05, 4.69) is 32.7 Å². The number of hydrogen-bond acceptors (Lipinski definition) is 4. The molecule has 24 heavy (non-hydrogen) atoms. The number of nitrogens with zero attached hydrogens (tertiary/aromatic N) is 2. The number of hydrogen-bond donors (Lipinski definition) is 2. The standard InChI is InChI=1S/C19H19ClN4/c1-14-11-18(21-12-15-7-3-2-4-8-15)24-19(23-14)22-13-16-9-5-6-10-17(16)20/h2-11H,12-13H2,1H3,(H2,21,22,23,24). The lowest BCUT2D eigenvalue weighted by molar-refractivity contribution is 1.01. The molecule has 0 amide bonds. The van der Waals surface area contributed by atoms with E-state index >= 15 is 0 Å². The SMILES string of the molecule is Cc1cc(NCc2ccccc2)nc(NCc2ccccc2Cl)n1. The third-order valence-electron chi connectivity index (χ3n) is 3.57. The van der Waals surface area contributed by atoms with Crippen molar-refractivity contribution >= 4 is 23.4 Å². The Morgan fingerprint density at radius 3 is 2.42 bits per heavy atom. The van der Waals surface area contributed by atoms with Gasteiger partial charge in [-0.1, -0.05) is 60.1 Å². The third-order valence-corrected chi connectivity index (χ3v) is 3.93. The van der Waals surface area contributed by atoms with E-state index in [4.69, 9.17) is 11.6 Å². The van der Waals surface area contributed by atoms with Gasteiger partial charge in [-0.2, -0.15) is 4.98 Å². The molecule has 0 aliphatic heterocycles. The van der Waals surface area contributed by atoms with Crippen molar-refractivity contribution in [1.82, 2.24) is 9.97 Å². The average Bonchev–Trinajstić information content (AvgIpc) is 2.60. The minimum Gasteiger partial charge on any atom is -0.366 e. The lowest BCUT2D eigenvalue weighted by atomic mass is 10.2. The van der Waals surface area contributed by atoms with E-state index in [1.165, 1.54) is 5.56 Å². The second kappa shape index (κ2) is 7.79. The summed E-state index contributed by atoms with van der Waals surface area (Å²) in [6, 6.07) is 19.9. The summed E-state index contributed by atoms with van der Waals surface area (Å²) in [6.07, 6.45) is 0. The number of aromatic nitrogens is 2. The first-order valence-electron chi connectivity index (χ1n) is 7.81. The maximum absolute atomic E-state index is 6.18. The van der Waals surface area contributed by atoms with Crippen LogP contribution in [0.15, 0.2) is 60.7 Å². The zero-order valence-corrected chi connectivity index (χ0v) is 14.2. The third kappa shape index (κ3) is 4.46. The van der Waals surface area contributed by atoms with Crippen molar-refractivity contribution in [2.45, 2.75) is 20.0 Å². The van der Waals surface area contributed by atoms with Crippen LogP contribution in [0, 0.1) is 6.92 Å². The van der Waals surface area contributed by atoms with Gasteiger partial charge in [0.2, 0.25) is 5.95 Å². The van der Waals surface area contributed by atoms with Gasteiger partial charge >= 0.3 is 0 Å². The van der Waals surface area contributed by atoms with Crippen LogP contribution in [0.5, 0.6) is 0 Å². The van der Waals surface area contributed by atoms with Crippen LogP contribution in [0.4, 0.5) is 11.8 Å². The molecule has 0 saturated heterocycles. The molecular formula is C19H19ClN4. The van der Waals surface area contributed by atoms with Gasteiger partial charge in [-0.25, -0.2) is 4.98 Å². The first-order valence-corrected chi connectivity index (χ1v) is 8.19. The van der Waals surface area contributed by atoms with Crippen LogP contribution in [-0.4, -0.2) is 9.97 Å². The zero-order chi connectivity index (χ0) is 16.8. The van der Waals surface area contributed by atoms with Gasteiger partial charge in [-0.05, 0) is 24.1 Å². The van der Waals surface area contributed by atoms with Crippen molar-refractivity contribution < 1.29 is 0 Å². The molecule has 122 valence electrons. The number of rotatable bonds is 6. The molecule has 0 aliphatic rings. The zero-order valence-electron chi connectivity index (χ0n) is 13.5. The molecule has 0 radical (unpaired) electrons. The van der Waals surface area contributed by atoms with Crippen molar-refractivity contribution in [1.29, 1.82) is 0 Å². The quantitative estimate of drug-likeness (QED) is 0.686. The van der Waals surface area contributed by atoms with Gasteiger partial charge in [0.15, 0.2) is 0 Å². The highest BCUT2D eigenvalue weighted by molar-refractivity contribution is 6.31. The van der Waals surface area contributed by atoms with Crippen LogP contribution < -0.4 is 10.6 Å². The molecule has 0 bridgehead atoms. The van der Waals surface area contributed by atoms with Crippen LogP contribution in [0.25, 0.3) is 0 Å². The smallest absolute Gasteiger partial charge is 0.225 e. The van der Waals surface area contributed by atoms with E-state index in [9.17, 15) is 0 Å². The largest absolute Gasteiger partial charge is 0.366 e. The highest BCUT2D eigenvalue weighted by Crippen LogP contribution is 2.17. The summed E-state index contributed by atoms with van der Waals surface area (Å²) in [6.45, 7) is 3.26. The number of nitrogens with one attached hydrogen (secondary N) is 2. The monoisotopic (exact) mass is 338 g/mol. The molecule has 2 aromatic carbocycles. The predicted octanol–water partition coefficient (Wildman–Crippen LogP) is 4.66. The Bertz CT molecular complexity index is 805. The van der Waals surface area contributed by atoms with Gasteiger partial charge in [-0.3, -0.25) is 0 Å². The Hall–Kier alpha value is -2.59. The molecule has 3 rings (SSSR count). The fraction of sp³-hybridized carbons (Fsp3) is 0.158. The fourth-order valence-corrected chi connectivity index (χ4v) is 2.55. The Kier molecular flexibility index (Phi) is 5.29. The number of benzene rings is 2. The Labute approximate surface area is 146 Å². The van der Waals surface area contributed by atoms with E-state index in [0.29, 0.717) is 12.5 Å². The Morgan fingerprint density at radius 2 is 1.62 bits per heavy atom. The molecule has 1 heterocycles. The summed E-state index contributed by atoms with van der Waals surface area (Å²) in [5.74, 6) is 1.39. The van der Waals surface area contributed by atoms with Crippen LogP contribution in [-0.2, 0) is 13.1 Å². The molecule has 3 aromatic rings. The Balaban J connectivity index is 1.66. The molecule has 0 spiro atoms. The molecule has 1 aromatic heterocycles. The first-order chi connectivity index (χ1) is 11.7. The number of halogens is 1. The topological polar surface area (TPSA) is 49.8 Å². The minimum absolute atomic E-state index is 0.585. The van der Waals surface area contributed by atoms with E-state index in [1.807, 2.05) is 55.5 Å². The second-order valence-corrected chi connectivity index (χ2v) is 5.91. The molecule has 4 nitrogen and oxygen atoms in total. The fourth-order valence-electron chi connectivity index (χ4n) is 2.34. The van der Waals surface area contributed by atoms with Crippen LogP contribution in [0.3, 0.4) is 0 Å². The highest BCUT2D eigenvalue weighted by atomic mass is 35.5. The first kappa shape index (κ1) is 16.3. The van der Waals surface area contributed by atoms with Crippen molar-refractivity contribution in [2.75, 3.05) is 10.6 Å². The summed E-state index contributed by atoms with van der Waals surface area (Å²) in [7, 11) is 0. The van der Waals surface area contributed by atoms with E-state index < -0.39 is 0 Å². The van der Waals surface area contributed by atoms with Gasteiger partial charge in [0, 0.05) is 29.9 Å². The van der Waals surface area contributed by atoms with Crippen LogP contribution in [0.2, 0.25) is 5.02 Å². The second-order valence-electron chi connectivity index (χ2n) is 5.50. The van der Waals surface area contributed by atoms with Gasteiger partial charge in [-0.15, -0.1) is 0 Å². The maximum Gasteiger partial charge on any atom is 0.225 e. The number of anilines is 2. The van der Waals surface area contributed by atoms with E-state index in [0.717, 1.165) is 28.6 Å². The van der Waals surface area contributed by atoms with Crippen molar-refractivity contribution in [2.24, 2.45) is 0 Å². The summed E-state index contributed by atoms with van der Waals surface area (Å²) in [5.41, 5.74) is 3.13. The highest BCUT2D eigenvalue weighted by Gasteiger charge is 2.04. The van der Waals surface area contributed by atoms with Crippen molar-refractivity contribution in [3.05, 3.63) is 82.5 Å². The summed E-state index contributed by atoms with van der Waals surface area (Å²) >= 11 is 6.18. The molecule has 2 N–H and O–H groups in total. The molecular weight excluding hydrogens is 320 g/mol. The molecule has 5 heteroatoms. The van der Waals surface area contributed by atoms with Gasteiger partial charge < -0.3 is 10.6 Å². The molecule has 0 aliphatic carbocycles. The van der Waals surface area contributed by atoms with Crippen LogP contribution in [0.1, 0.15) is 16.8 Å². The predicted molar refractivity (Wildman–Crippen MR) is 99.3 cm³/mol. The molecule has 0 atom stereocenters. The van der Waals surface area contributed by atoms with Crippen molar-refractivity contribution in [3.8, 4) is 0 Å². The molecule has 0 unspecified atom stereocenters. The van der Waals surface area contributed by atoms with Gasteiger partial charge in [0.25, 0.3) is 0 Å². The summed E-state index contributed by atoms with van der Waals surface area (Å²) in [5, 5.41) is 7.31. The normalized spacial score (nSPS) is 10.4. The minimum atomic E-state index is 0.585. The van der Waals surface area contributed by atoms with E-state index in [1.54, 1.807) is 0 Å². The van der Waals surface area contributed by atoms with E-state index in [-0.39, 0.29) is 0 Å². The maximum atomic E-state index is 6.18. The molecule has 0 fully saturated rings. The Morgan fingerprint density at radius 1 is 0.875 bits per heavy atom. The summed E-state index contributed by atoms with van der Waals surface area (Å²) in [4.78, 5) is 8.95. The molecule has 0 saturated carbocycles.